The molecule has 0 aliphatic carbocycles. The molecule has 3 aliphatic heterocycles. The molecule has 1 unspecified atom stereocenters. The number of aromatic nitrogens is 3. The summed E-state index contributed by atoms with van der Waals surface area (Å²) in [5, 5.41) is 3.08. The number of pyridine rings is 1. The molecule has 0 amide bonds. The molecule has 3 saturated heterocycles. The van der Waals surface area contributed by atoms with Gasteiger partial charge in [0.1, 0.15) is 5.82 Å². The Morgan fingerprint density at radius 2 is 1.96 bits per heavy atom. The van der Waals surface area contributed by atoms with Gasteiger partial charge in [-0.15, -0.1) is 0 Å². The first-order valence-electron chi connectivity index (χ1n) is 8.56. The lowest BCUT2D eigenvalue weighted by Gasteiger charge is -2.47. The number of fused-ring (bicyclic) bond motifs is 3. The minimum atomic E-state index is -4.53. The van der Waals surface area contributed by atoms with Gasteiger partial charge in [0.05, 0.1) is 0 Å². The molecule has 2 bridgehead atoms. The fourth-order valence-corrected chi connectivity index (χ4v) is 3.45. The van der Waals surface area contributed by atoms with E-state index in [-0.39, 0.29) is 17.7 Å². The number of halogens is 3. The molecule has 26 heavy (non-hydrogen) atoms. The second-order valence-corrected chi connectivity index (χ2v) is 6.57. The minimum Gasteiger partial charge on any atom is -0.368 e. The molecule has 6 nitrogen and oxygen atoms in total. The van der Waals surface area contributed by atoms with Crippen molar-refractivity contribution in [2.24, 2.45) is 0 Å². The first-order chi connectivity index (χ1) is 12.5. The summed E-state index contributed by atoms with van der Waals surface area (Å²) in [4.78, 5) is 16.6. The van der Waals surface area contributed by atoms with Gasteiger partial charge in [0.2, 0.25) is 0 Å². The molecular formula is C17H19F3N6. The van der Waals surface area contributed by atoms with Crippen molar-refractivity contribution in [2.45, 2.75) is 12.2 Å². The van der Waals surface area contributed by atoms with Gasteiger partial charge in [-0.2, -0.15) is 13.2 Å². The number of hydrogen-bond donors (Lipinski definition) is 1. The number of alkyl halides is 3. The highest BCUT2D eigenvalue weighted by molar-refractivity contribution is 5.56. The Kier molecular flexibility index (Phi) is 4.49. The quantitative estimate of drug-likeness (QED) is 0.895. The van der Waals surface area contributed by atoms with E-state index in [1.807, 2.05) is 0 Å². The Labute approximate surface area is 149 Å². The predicted molar refractivity (Wildman–Crippen MR) is 90.6 cm³/mol. The highest BCUT2D eigenvalue weighted by atomic mass is 19.4. The summed E-state index contributed by atoms with van der Waals surface area (Å²) in [5.74, 6) is 0.202. The van der Waals surface area contributed by atoms with Crippen LogP contribution in [0.5, 0.6) is 0 Å². The molecule has 0 radical (unpaired) electrons. The van der Waals surface area contributed by atoms with Crippen LogP contribution in [0.2, 0.25) is 0 Å². The molecule has 2 aromatic heterocycles. The Balaban J connectivity index is 1.57. The number of nitrogens with one attached hydrogen (secondary N) is 1. The fraction of sp³-hybridized carbons (Fsp3) is 0.471. The maximum atomic E-state index is 13.2. The van der Waals surface area contributed by atoms with E-state index in [0.29, 0.717) is 12.1 Å². The van der Waals surface area contributed by atoms with Crippen molar-refractivity contribution in [1.29, 1.82) is 0 Å². The lowest BCUT2D eigenvalue weighted by atomic mass is 10.1. The normalized spacial score (nSPS) is 25.3. The van der Waals surface area contributed by atoms with Crippen molar-refractivity contribution in [3.63, 3.8) is 0 Å². The fourth-order valence-electron chi connectivity index (χ4n) is 3.45. The van der Waals surface area contributed by atoms with Crippen LogP contribution in [0.1, 0.15) is 5.69 Å². The molecule has 138 valence electrons. The highest BCUT2D eigenvalue weighted by Crippen LogP contribution is 2.30. The molecule has 1 atom stereocenters. The Bertz CT molecular complexity index is 759. The number of hydrogen-bond acceptors (Lipinski definition) is 6. The molecule has 2 aromatic rings. The van der Waals surface area contributed by atoms with Crippen LogP contribution in [-0.2, 0) is 6.18 Å². The number of piperazine rings is 3. The summed E-state index contributed by atoms with van der Waals surface area (Å²) in [5.41, 5.74) is -0.503. The number of nitrogens with zero attached hydrogens (tertiary/aromatic N) is 5. The van der Waals surface area contributed by atoms with Crippen LogP contribution >= 0.6 is 0 Å². The third kappa shape index (κ3) is 3.63. The summed E-state index contributed by atoms with van der Waals surface area (Å²) in [6, 6.07) is 4.54. The van der Waals surface area contributed by atoms with Crippen LogP contribution in [0.15, 0.2) is 30.6 Å². The Morgan fingerprint density at radius 1 is 1.15 bits per heavy atom. The smallest absolute Gasteiger partial charge is 0.368 e. The average molecular weight is 364 g/mol. The Hall–Kier alpha value is -2.26. The summed E-state index contributed by atoms with van der Waals surface area (Å²) >= 11 is 0. The van der Waals surface area contributed by atoms with Crippen LogP contribution in [0.4, 0.5) is 19.0 Å². The van der Waals surface area contributed by atoms with Crippen LogP contribution < -0.4 is 5.32 Å². The van der Waals surface area contributed by atoms with Gasteiger partial charge in [-0.25, -0.2) is 9.97 Å². The largest absolute Gasteiger partial charge is 0.433 e. The van der Waals surface area contributed by atoms with E-state index in [1.54, 1.807) is 18.3 Å². The minimum absolute atomic E-state index is 0.0182. The molecule has 5 heterocycles. The van der Waals surface area contributed by atoms with Crippen molar-refractivity contribution in [3.05, 3.63) is 36.3 Å². The summed E-state index contributed by atoms with van der Waals surface area (Å²) in [6.07, 6.45) is -1.52. The highest BCUT2D eigenvalue weighted by Gasteiger charge is 2.34. The first-order valence-corrected chi connectivity index (χ1v) is 8.56. The van der Waals surface area contributed by atoms with Gasteiger partial charge in [-0.3, -0.25) is 14.8 Å². The molecule has 3 aliphatic rings. The van der Waals surface area contributed by atoms with Gasteiger partial charge >= 0.3 is 6.18 Å². The van der Waals surface area contributed by atoms with Gasteiger partial charge in [0, 0.05) is 69.3 Å². The van der Waals surface area contributed by atoms with E-state index >= 15 is 0 Å². The molecular weight excluding hydrogens is 345 g/mol. The van der Waals surface area contributed by atoms with Crippen molar-refractivity contribution in [3.8, 4) is 11.4 Å². The second kappa shape index (κ2) is 6.81. The van der Waals surface area contributed by atoms with Gasteiger partial charge in [0.15, 0.2) is 11.5 Å². The lowest BCUT2D eigenvalue weighted by molar-refractivity contribution is -0.141. The van der Waals surface area contributed by atoms with E-state index in [2.05, 4.69) is 30.1 Å². The zero-order chi connectivity index (χ0) is 18.1. The summed E-state index contributed by atoms with van der Waals surface area (Å²) < 4.78 is 39.7. The van der Waals surface area contributed by atoms with Gasteiger partial charge in [-0.1, -0.05) is 0 Å². The summed E-state index contributed by atoms with van der Waals surface area (Å²) in [6.45, 7) is 5.62. The average Bonchev–Trinajstić information content (AvgIpc) is 2.67. The van der Waals surface area contributed by atoms with E-state index in [1.165, 1.54) is 6.20 Å². The van der Waals surface area contributed by atoms with E-state index in [0.717, 1.165) is 38.8 Å². The van der Waals surface area contributed by atoms with Crippen LogP contribution in [-0.4, -0.2) is 70.1 Å². The predicted octanol–water partition coefficient (Wildman–Crippen LogP) is 1.97. The van der Waals surface area contributed by atoms with E-state index in [9.17, 15) is 13.2 Å². The molecule has 9 heteroatoms. The van der Waals surface area contributed by atoms with Gasteiger partial charge < -0.3 is 5.32 Å². The molecule has 0 saturated carbocycles. The molecule has 0 spiro atoms. The van der Waals surface area contributed by atoms with Crippen LogP contribution in [0.3, 0.4) is 0 Å². The standard InChI is InChI=1S/C17H19F3N6/c18-17(19,20)14-8-15(24-16(23-14)12-2-1-3-21-9-12)22-10-13-11-25-4-6-26(13)7-5-25/h1-3,8-9,13H,4-7,10-11H2,(H,22,23,24). The van der Waals surface area contributed by atoms with Crippen molar-refractivity contribution in [2.75, 3.05) is 44.6 Å². The third-order valence-corrected chi connectivity index (χ3v) is 4.85. The summed E-state index contributed by atoms with van der Waals surface area (Å²) in [7, 11) is 0. The maximum absolute atomic E-state index is 13.2. The van der Waals surface area contributed by atoms with Gasteiger partial charge in [-0.05, 0) is 12.1 Å². The van der Waals surface area contributed by atoms with Crippen LogP contribution in [0, 0.1) is 0 Å². The van der Waals surface area contributed by atoms with Crippen molar-refractivity contribution in [1.82, 2.24) is 24.8 Å². The number of rotatable bonds is 4. The zero-order valence-corrected chi connectivity index (χ0v) is 14.1. The van der Waals surface area contributed by atoms with E-state index < -0.39 is 11.9 Å². The van der Waals surface area contributed by atoms with Gasteiger partial charge in [0.25, 0.3) is 0 Å². The van der Waals surface area contributed by atoms with E-state index in [4.69, 9.17) is 0 Å². The van der Waals surface area contributed by atoms with Crippen molar-refractivity contribution < 1.29 is 13.2 Å². The third-order valence-electron chi connectivity index (χ3n) is 4.85. The zero-order valence-electron chi connectivity index (χ0n) is 14.1. The number of anilines is 1. The lowest BCUT2D eigenvalue weighted by Crippen LogP contribution is -2.62. The maximum Gasteiger partial charge on any atom is 0.433 e. The SMILES string of the molecule is FC(F)(F)c1cc(NCC2CN3CCN2CC3)nc(-c2cccnc2)n1. The molecule has 5 rings (SSSR count). The van der Waals surface area contributed by atoms with Crippen LogP contribution in [0.25, 0.3) is 11.4 Å². The molecule has 0 aromatic carbocycles. The first kappa shape index (κ1) is 17.2. The second-order valence-electron chi connectivity index (χ2n) is 6.57. The molecule has 1 N–H and O–H groups in total. The molecule has 3 fully saturated rings. The monoisotopic (exact) mass is 364 g/mol. The van der Waals surface area contributed by atoms with Crippen molar-refractivity contribution >= 4 is 5.82 Å². The topological polar surface area (TPSA) is 57.2 Å². The Morgan fingerprint density at radius 3 is 2.58 bits per heavy atom.